The van der Waals surface area contributed by atoms with Crippen LogP contribution in [-0.4, -0.2) is 12.4 Å². The minimum atomic E-state index is -0.0601. The number of halogens is 2. The summed E-state index contributed by atoms with van der Waals surface area (Å²) in [5.41, 5.74) is 3.22. The van der Waals surface area contributed by atoms with Crippen LogP contribution in [0.15, 0.2) is 34.8 Å². The molecule has 0 amide bonds. The molecule has 2 aromatic rings. The first kappa shape index (κ1) is 13.7. The quantitative estimate of drug-likeness (QED) is 0.741. The molecule has 102 valence electrons. The van der Waals surface area contributed by atoms with Gasteiger partial charge in [0.15, 0.2) is 5.78 Å². The number of ether oxygens (including phenoxy) is 1. The summed E-state index contributed by atoms with van der Waals surface area (Å²) < 4.78 is 6.51. The van der Waals surface area contributed by atoms with Crippen LogP contribution in [0.5, 0.6) is 5.75 Å². The zero-order valence-electron chi connectivity index (χ0n) is 10.9. The van der Waals surface area contributed by atoms with Gasteiger partial charge in [-0.2, -0.15) is 0 Å². The number of ketones is 1. The van der Waals surface area contributed by atoms with E-state index >= 15 is 0 Å². The second kappa shape index (κ2) is 5.23. The van der Waals surface area contributed by atoms with Crippen molar-refractivity contribution in [3.63, 3.8) is 0 Å². The minimum absolute atomic E-state index is 0.0601. The van der Waals surface area contributed by atoms with E-state index < -0.39 is 0 Å². The molecule has 2 aromatic carbocycles. The molecule has 0 aliphatic carbocycles. The van der Waals surface area contributed by atoms with E-state index in [1.807, 2.05) is 31.2 Å². The van der Waals surface area contributed by atoms with E-state index in [9.17, 15) is 4.79 Å². The van der Waals surface area contributed by atoms with Crippen LogP contribution >= 0.6 is 27.5 Å². The molecular formula is C16H12BrClO2. The first-order valence-electron chi connectivity index (χ1n) is 6.32. The zero-order chi connectivity index (χ0) is 14.3. The Morgan fingerprint density at radius 3 is 2.80 bits per heavy atom. The summed E-state index contributed by atoms with van der Waals surface area (Å²) in [6.45, 7) is 2.55. The number of rotatable bonds is 2. The summed E-state index contributed by atoms with van der Waals surface area (Å²) in [5, 5.41) is 0.570. The van der Waals surface area contributed by atoms with E-state index in [0.29, 0.717) is 28.5 Å². The fourth-order valence-corrected chi connectivity index (χ4v) is 3.26. The summed E-state index contributed by atoms with van der Waals surface area (Å²) >= 11 is 9.49. The van der Waals surface area contributed by atoms with E-state index in [1.54, 1.807) is 6.07 Å². The molecule has 3 rings (SSSR count). The first-order chi connectivity index (χ1) is 9.54. The molecule has 0 atom stereocenters. The molecule has 0 fully saturated rings. The predicted octanol–water partition coefficient (Wildman–Crippen LogP) is 4.58. The second-order valence-corrected chi connectivity index (χ2v) is 6.24. The van der Waals surface area contributed by atoms with Crippen LogP contribution in [-0.2, 0) is 6.42 Å². The summed E-state index contributed by atoms with van der Waals surface area (Å²) in [7, 11) is 0. The summed E-state index contributed by atoms with van der Waals surface area (Å²) in [5.74, 6) is 0.644. The lowest BCUT2D eigenvalue weighted by molar-refractivity contribution is 0.103. The number of carbonyl (C=O) groups excluding carboxylic acids is 1. The van der Waals surface area contributed by atoms with Gasteiger partial charge in [0.05, 0.1) is 12.2 Å². The third-order valence-corrected chi connectivity index (χ3v) is 3.97. The molecule has 1 aliphatic rings. The van der Waals surface area contributed by atoms with Gasteiger partial charge >= 0.3 is 0 Å². The maximum absolute atomic E-state index is 12.7. The largest absolute Gasteiger partial charge is 0.492 e. The van der Waals surface area contributed by atoms with Crippen LogP contribution in [0.4, 0.5) is 0 Å². The molecule has 0 saturated carbocycles. The molecule has 0 aromatic heterocycles. The van der Waals surface area contributed by atoms with Gasteiger partial charge in [-0.15, -0.1) is 0 Å². The number of hydrogen-bond donors (Lipinski definition) is 0. The molecule has 1 aliphatic heterocycles. The minimum Gasteiger partial charge on any atom is -0.492 e. The molecular weight excluding hydrogens is 340 g/mol. The molecule has 0 spiro atoms. The number of carbonyl (C=O) groups is 1. The lowest BCUT2D eigenvalue weighted by Crippen LogP contribution is -2.04. The van der Waals surface area contributed by atoms with Gasteiger partial charge in [0.25, 0.3) is 0 Å². The van der Waals surface area contributed by atoms with E-state index in [1.165, 1.54) is 0 Å². The molecule has 20 heavy (non-hydrogen) atoms. The van der Waals surface area contributed by atoms with Crippen molar-refractivity contribution in [2.45, 2.75) is 13.3 Å². The van der Waals surface area contributed by atoms with Crippen molar-refractivity contribution >= 4 is 33.3 Å². The van der Waals surface area contributed by atoms with Gasteiger partial charge in [-0.3, -0.25) is 4.79 Å². The van der Waals surface area contributed by atoms with Crippen LogP contribution in [0.1, 0.15) is 27.0 Å². The van der Waals surface area contributed by atoms with E-state index in [0.717, 1.165) is 22.0 Å². The maximum atomic E-state index is 12.7. The monoisotopic (exact) mass is 350 g/mol. The van der Waals surface area contributed by atoms with E-state index in [4.69, 9.17) is 16.3 Å². The van der Waals surface area contributed by atoms with Crippen molar-refractivity contribution in [3.05, 3.63) is 62.1 Å². The van der Waals surface area contributed by atoms with Gasteiger partial charge in [-0.05, 0) is 48.4 Å². The molecule has 0 radical (unpaired) electrons. The van der Waals surface area contributed by atoms with Crippen molar-refractivity contribution < 1.29 is 9.53 Å². The van der Waals surface area contributed by atoms with Crippen molar-refractivity contribution in [3.8, 4) is 5.75 Å². The number of benzene rings is 2. The smallest absolute Gasteiger partial charge is 0.196 e. The Balaban J connectivity index is 2.11. The highest BCUT2D eigenvalue weighted by atomic mass is 79.9. The average Bonchev–Trinajstić information content (AvgIpc) is 2.83. The van der Waals surface area contributed by atoms with Crippen LogP contribution < -0.4 is 4.74 Å². The summed E-state index contributed by atoms with van der Waals surface area (Å²) in [6, 6.07) is 9.18. The van der Waals surface area contributed by atoms with Crippen LogP contribution in [0.2, 0.25) is 5.02 Å². The van der Waals surface area contributed by atoms with Gasteiger partial charge in [0, 0.05) is 21.5 Å². The lowest BCUT2D eigenvalue weighted by atomic mass is 9.99. The molecule has 0 N–H and O–H groups in total. The number of fused-ring (bicyclic) bond motifs is 1. The second-order valence-electron chi connectivity index (χ2n) is 4.89. The summed E-state index contributed by atoms with van der Waals surface area (Å²) in [4.78, 5) is 12.7. The Kier molecular flexibility index (Phi) is 3.57. The Morgan fingerprint density at radius 2 is 2.05 bits per heavy atom. The van der Waals surface area contributed by atoms with E-state index in [-0.39, 0.29) is 5.78 Å². The Labute approximate surface area is 130 Å². The first-order valence-corrected chi connectivity index (χ1v) is 7.49. The number of hydrogen-bond acceptors (Lipinski definition) is 2. The molecule has 0 bridgehead atoms. The van der Waals surface area contributed by atoms with Crippen molar-refractivity contribution in [2.75, 3.05) is 6.61 Å². The fraction of sp³-hybridized carbons (Fsp3) is 0.188. The number of aryl methyl sites for hydroxylation is 1. The van der Waals surface area contributed by atoms with Crippen LogP contribution in [0.3, 0.4) is 0 Å². The third-order valence-electron chi connectivity index (χ3n) is 3.30. The molecule has 0 unspecified atom stereocenters. The maximum Gasteiger partial charge on any atom is 0.196 e. The van der Waals surface area contributed by atoms with Gasteiger partial charge in [-0.25, -0.2) is 0 Å². The van der Waals surface area contributed by atoms with Crippen molar-refractivity contribution in [1.29, 1.82) is 0 Å². The molecule has 2 nitrogen and oxygen atoms in total. The normalized spacial score (nSPS) is 12.9. The predicted molar refractivity (Wildman–Crippen MR) is 83.0 cm³/mol. The Hall–Kier alpha value is -1.32. The van der Waals surface area contributed by atoms with Gasteiger partial charge in [0.2, 0.25) is 0 Å². The van der Waals surface area contributed by atoms with E-state index in [2.05, 4.69) is 15.9 Å². The van der Waals surface area contributed by atoms with Gasteiger partial charge in [0.1, 0.15) is 5.75 Å². The molecule has 0 saturated heterocycles. The van der Waals surface area contributed by atoms with Crippen LogP contribution in [0.25, 0.3) is 0 Å². The molecule has 4 heteroatoms. The topological polar surface area (TPSA) is 26.3 Å². The van der Waals surface area contributed by atoms with Crippen molar-refractivity contribution in [1.82, 2.24) is 0 Å². The molecule has 1 heterocycles. The summed E-state index contributed by atoms with van der Waals surface area (Å²) in [6.07, 6.45) is 0.837. The van der Waals surface area contributed by atoms with Crippen LogP contribution in [0, 0.1) is 6.92 Å². The third kappa shape index (κ3) is 2.48. The van der Waals surface area contributed by atoms with Gasteiger partial charge in [-0.1, -0.05) is 27.5 Å². The average molecular weight is 352 g/mol. The van der Waals surface area contributed by atoms with Gasteiger partial charge < -0.3 is 4.74 Å². The lowest BCUT2D eigenvalue weighted by Gasteiger charge is -2.09. The Bertz CT molecular complexity index is 690. The highest BCUT2D eigenvalue weighted by molar-refractivity contribution is 9.10. The highest BCUT2D eigenvalue weighted by Crippen LogP contribution is 2.34. The SMILES string of the molecule is Cc1cc(Cl)cc(C(=O)c2cc(Br)cc3c2OCC3)c1. The highest BCUT2D eigenvalue weighted by Gasteiger charge is 2.23. The fourth-order valence-electron chi connectivity index (χ4n) is 2.46. The Morgan fingerprint density at radius 1 is 1.25 bits per heavy atom. The van der Waals surface area contributed by atoms with Crippen molar-refractivity contribution in [2.24, 2.45) is 0 Å². The zero-order valence-corrected chi connectivity index (χ0v) is 13.2. The standard InChI is InChI=1S/C16H12BrClO2/c1-9-4-11(7-13(18)5-9)15(19)14-8-12(17)6-10-2-3-20-16(10)14/h4-8H,2-3H2,1H3.